The van der Waals surface area contributed by atoms with Gasteiger partial charge in [0.1, 0.15) is 5.75 Å². The summed E-state index contributed by atoms with van der Waals surface area (Å²) in [6, 6.07) is 15.5. The fourth-order valence-electron chi connectivity index (χ4n) is 1.92. The van der Waals surface area contributed by atoms with E-state index >= 15 is 0 Å². The lowest BCUT2D eigenvalue weighted by molar-refractivity contribution is 0.475. The lowest BCUT2D eigenvalue weighted by atomic mass is 10.0. The zero-order valence-electron chi connectivity index (χ0n) is 9.17. The lowest BCUT2D eigenvalue weighted by Crippen LogP contribution is -1.79. The Morgan fingerprint density at radius 3 is 2.35 bits per heavy atom. The van der Waals surface area contributed by atoms with Crippen LogP contribution in [0.3, 0.4) is 0 Å². The smallest absolute Gasteiger partial charge is 0.115 e. The number of phenolic OH excluding ortho intramolecular Hbond substituents is 1. The monoisotopic (exact) mass is 221 g/mol. The molecule has 0 unspecified atom stereocenters. The van der Waals surface area contributed by atoms with E-state index in [2.05, 4.69) is 23.2 Å². The number of hydrogen-bond acceptors (Lipinski definition) is 2. The van der Waals surface area contributed by atoms with Gasteiger partial charge in [-0.3, -0.25) is 4.98 Å². The number of rotatable bonds is 1. The van der Waals surface area contributed by atoms with Crippen molar-refractivity contribution in [3.8, 4) is 16.9 Å². The van der Waals surface area contributed by atoms with E-state index < -0.39 is 0 Å². The number of phenols is 1. The molecule has 0 aliphatic heterocycles. The van der Waals surface area contributed by atoms with Gasteiger partial charge in [-0.1, -0.05) is 24.3 Å². The number of hydrogen-bond donors (Lipinski definition) is 1. The standard InChI is InChI=1S/C15H11NO/c17-15-5-3-11(4-6-15)13-2-1-12-7-8-16-10-14(12)9-13/h1-10,17H. The number of aromatic hydroxyl groups is 1. The quantitative estimate of drug-likeness (QED) is 0.681. The Balaban J connectivity index is 2.14. The average molecular weight is 221 g/mol. The van der Waals surface area contributed by atoms with Crippen molar-refractivity contribution in [2.24, 2.45) is 0 Å². The van der Waals surface area contributed by atoms with Gasteiger partial charge in [-0.25, -0.2) is 0 Å². The van der Waals surface area contributed by atoms with Crippen LogP contribution in [0.4, 0.5) is 0 Å². The molecule has 0 saturated heterocycles. The van der Waals surface area contributed by atoms with E-state index in [4.69, 9.17) is 0 Å². The first-order valence-corrected chi connectivity index (χ1v) is 5.46. The van der Waals surface area contributed by atoms with Gasteiger partial charge in [0.05, 0.1) is 0 Å². The van der Waals surface area contributed by atoms with Crippen LogP contribution in [0.15, 0.2) is 60.9 Å². The topological polar surface area (TPSA) is 33.1 Å². The first-order chi connectivity index (χ1) is 8.33. The van der Waals surface area contributed by atoms with Gasteiger partial charge in [-0.2, -0.15) is 0 Å². The molecule has 0 fully saturated rings. The van der Waals surface area contributed by atoms with Crippen LogP contribution in [-0.4, -0.2) is 10.1 Å². The molecule has 0 saturated carbocycles. The molecule has 3 aromatic rings. The molecular formula is C15H11NO. The Morgan fingerprint density at radius 2 is 1.53 bits per heavy atom. The van der Waals surface area contributed by atoms with Gasteiger partial charge >= 0.3 is 0 Å². The molecule has 2 nitrogen and oxygen atoms in total. The van der Waals surface area contributed by atoms with Crippen molar-refractivity contribution >= 4 is 10.8 Å². The van der Waals surface area contributed by atoms with Gasteiger partial charge < -0.3 is 5.11 Å². The van der Waals surface area contributed by atoms with Crippen LogP contribution < -0.4 is 0 Å². The fourth-order valence-corrected chi connectivity index (χ4v) is 1.92. The Bertz CT molecular complexity index is 659. The molecular weight excluding hydrogens is 210 g/mol. The number of aromatic nitrogens is 1. The minimum absolute atomic E-state index is 0.288. The third-order valence-corrected chi connectivity index (χ3v) is 2.84. The Labute approximate surface area is 99.2 Å². The zero-order valence-corrected chi connectivity index (χ0v) is 9.17. The summed E-state index contributed by atoms with van der Waals surface area (Å²) in [6.07, 6.45) is 3.65. The second-order valence-electron chi connectivity index (χ2n) is 3.98. The molecule has 0 radical (unpaired) electrons. The first kappa shape index (κ1) is 9.85. The molecule has 2 aromatic carbocycles. The highest BCUT2D eigenvalue weighted by atomic mass is 16.3. The van der Waals surface area contributed by atoms with Crippen molar-refractivity contribution in [2.45, 2.75) is 0 Å². The van der Waals surface area contributed by atoms with E-state index in [9.17, 15) is 5.11 Å². The Morgan fingerprint density at radius 1 is 0.765 bits per heavy atom. The van der Waals surface area contributed by atoms with Gasteiger partial charge in [0, 0.05) is 17.8 Å². The summed E-state index contributed by atoms with van der Waals surface area (Å²) in [5.41, 5.74) is 2.22. The largest absolute Gasteiger partial charge is 0.508 e. The van der Waals surface area contributed by atoms with Gasteiger partial charge in [-0.05, 0) is 40.8 Å². The fraction of sp³-hybridized carbons (Fsp3) is 0. The zero-order chi connectivity index (χ0) is 11.7. The summed E-state index contributed by atoms with van der Waals surface area (Å²) in [6.45, 7) is 0. The normalized spacial score (nSPS) is 10.6. The molecule has 0 spiro atoms. The minimum atomic E-state index is 0.288. The van der Waals surface area contributed by atoms with E-state index in [1.165, 1.54) is 5.39 Å². The van der Waals surface area contributed by atoms with Crippen molar-refractivity contribution in [1.29, 1.82) is 0 Å². The van der Waals surface area contributed by atoms with Crippen molar-refractivity contribution in [3.63, 3.8) is 0 Å². The van der Waals surface area contributed by atoms with Crippen LogP contribution in [0.2, 0.25) is 0 Å². The lowest BCUT2D eigenvalue weighted by Gasteiger charge is -2.04. The molecule has 17 heavy (non-hydrogen) atoms. The highest BCUT2D eigenvalue weighted by Crippen LogP contribution is 2.25. The van der Waals surface area contributed by atoms with Crippen LogP contribution in [0, 0.1) is 0 Å². The third kappa shape index (κ3) is 1.85. The van der Waals surface area contributed by atoms with E-state index in [-0.39, 0.29) is 5.75 Å². The first-order valence-electron chi connectivity index (χ1n) is 5.46. The van der Waals surface area contributed by atoms with Crippen molar-refractivity contribution in [1.82, 2.24) is 4.98 Å². The Kier molecular flexibility index (Phi) is 2.26. The van der Waals surface area contributed by atoms with E-state index in [1.807, 2.05) is 24.4 Å². The maximum absolute atomic E-state index is 9.27. The predicted molar refractivity (Wildman–Crippen MR) is 68.8 cm³/mol. The van der Waals surface area contributed by atoms with Crippen molar-refractivity contribution in [2.75, 3.05) is 0 Å². The molecule has 0 atom stereocenters. The van der Waals surface area contributed by atoms with Crippen molar-refractivity contribution in [3.05, 3.63) is 60.9 Å². The summed E-state index contributed by atoms with van der Waals surface area (Å²) in [5, 5.41) is 11.6. The SMILES string of the molecule is Oc1ccc(-c2ccc3ccncc3c2)cc1. The van der Waals surface area contributed by atoms with E-state index in [0.29, 0.717) is 0 Å². The van der Waals surface area contributed by atoms with E-state index in [1.54, 1.807) is 18.3 Å². The van der Waals surface area contributed by atoms with E-state index in [0.717, 1.165) is 16.5 Å². The molecule has 1 heterocycles. The third-order valence-electron chi connectivity index (χ3n) is 2.84. The predicted octanol–water partition coefficient (Wildman–Crippen LogP) is 3.61. The second kappa shape index (κ2) is 3.91. The highest BCUT2D eigenvalue weighted by molar-refractivity contribution is 5.86. The number of fused-ring (bicyclic) bond motifs is 1. The summed E-state index contributed by atoms with van der Waals surface area (Å²) < 4.78 is 0. The molecule has 0 aliphatic rings. The molecule has 0 bridgehead atoms. The molecule has 1 aromatic heterocycles. The maximum Gasteiger partial charge on any atom is 0.115 e. The second-order valence-corrected chi connectivity index (χ2v) is 3.98. The van der Waals surface area contributed by atoms with Crippen LogP contribution >= 0.6 is 0 Å². The average Bonchev–Trinajstić information content (AvgIpc) is 2.39. The number of benzene rings is 2. The Hall–Kier alpha value is -2.35. The molecule has 0 amide bonds. The molecule has 3 rings (SSSR count). The summed E-state index contributed by atoms with van der Waals surface area (Å²) >= 11 is 0. The number of nitrogens with zero attached hydrogens (tertiary/aromatic N) is 1. The van der Waals surface area contributed by atoms with Crippen LogP contribution in [0.25, 0.3) is 21.9 Å². The summed E-state index contributed by atoms with van der Waals surface area (Å²) in [5.74, 6) is 0.288. The summed E-state index contributed by atoms with van der Waals surface area (Å²) in [4.78, 5) is 4.12. The molecule has 1 N–H and O–H groups in total. The molecule has 2 heteroatoms. The van der Waals surface area contributed by atoms with Crippen LogP contribution in [-0.2, 0) is 0 Å². The molecule has 82 valence electrons. The van der Waals surface area contributed by atoms with Gasteiger partial charge in [-0.15, -0.1) is 0 Å². The molecule has 0 aliphatic carbocycles. The van der Waals surface area contributed by atoms with Crippen LogP contribution in [0.1, 0.15) is 0 Å². The van der Waals surface area contributed by atoms with Gasteiger partial charge in [0.25, 0.3) is 0 Å². The minimum Gasteiger partial charge on any atom is -0.508 e. The van der Waals surface area contributed by atoms with Crippen molar-refractivity contribution < 1.29 is 5.11 Å². The summed E-state index contributed by atoms with van der Waals surface area (Å²) in [7, 11) is 0. The maximum atomic E-state index is 9.27. The van der Waals surface area contributed by atoms with Gasteiger partial charge in [0.2, 0.25) is 0 Å². The highest BCUT2D eigenvalue weighted by Gasteiger charge is 1.99. The van der Waals surface area contributed by atoms with Gasteiger partial charge in [0.15, 0.2) is 0 Å². The van der Waals surface area contributed by atoms with Crippen LogP contribution in [0.5, 0.6) is 5.75 Å². The number of pyridine rings is 1.